The molecule has 3 N–H and O–H groups in total. The summed E-state index contributed by atoms with van der Waals surface area (Å²) in [5, 5.41) is 10.5. The molecule has 0 saturated heterocycles. The second-order valence-electron chi connectivity index (χ2n) is 8.00. The zero-order valence-electron chi connectivity index (χ0n) is 17.4. The van der Waals surface area contributed by atoms with Crippen molar-refractivity contribution in [2.75, 3.05) is 18.5 Å². The van der Waals surface area contributed by atoms with Gasteiger partial charge in [0.05, 0.1) is 12.2 Å². The Labute approximate surface area is 196 Å². The predicted octanol–water partition coefficient (Wildman–Crippen LogP) is 3.79. The molecule has 1 aliphatic heterocycles. The number of halogens is 2. The molecule has 4 rings (SSSR count). The highest BCUT2D eigenvalue weighted by Crippen LogP contribution is 2.31. The summed E-state index contributed by atoms with van der Waals surface area (Å²) in [6.07, 6.45) is 2.58. The average molecular weight is 478 g/mol. The number of fused-ring (bicyclic) bond motifs is 1. The van der Waals surface area contributed by atoms with E-state index in [0.29, 0.717) is 28.1 Å². The van der Waals surface area contributed by atoms with Gasteiger partial charge in [0, 0.05) is 22.1 Å². The Morgan fingerprint density at radius 3 is 2.34 bits per heavy atom. The second-order valence-corrected chi connectivity index (χ2v) is 8.87. The first-order valence-electron chi connectivity index (χ1n) is 10.6. The summed E-state index contributed by atoms with van der Waals surface area (Å²) in [6.45, 7) is 0.342. The quantitative estimate of drug-likeness (QED) is 0.588. The van der Waals surface area contributed by atoms with Crippen molar-refractivity contribution in [3.8, 4) is 11.5 Å². The van der Waals surface area contributed by atoms with Gasteiger partial charge in [-0.25, -0.2) is 0 Å². The summed E-state index contributed by atoms with van der Waals surface area (Å²) in [5.41, 5.74) is 0.790. The Morgan fingerprint density at radius 1 is 0.969 bits per heavy atom. The third-order valence-electron chi connectivity index (χ3n) is 5.60. The largest absolute Gasteiger partial charge is 0.484 e. The van der Waals surface area contributed by atoms with Gasteiger partial charge in [-0.3, -0.25) is 9.59 Å². The molecule has 7 nitrogen and oxygen atoms in total. The van der Waals surface area contributed by atoms with Gasteiger partial charge in [0.1, 0.15) is 11.5 Å². The average Bonchev–Trinajstić information content (AvgIpc) is 2.79. The fourth-order valence-electron chi connectivity index (χ4n) is 3.91. The fraction of sp³-hybridized carbons (Fsp3) is 0.391. The van der Waals surface area contributed by atoms with Crippen molar-refractivity contribution >= 4 is 40.7 Å². The predicted molar refractivity (Wildman–Crippen MR) is 124 cm³/mol. The SMILES string of the molecule is O=C(COc1ccc(Cl)cc1)N[C@H]1CC[C@H](NC(=O)[C@@H]2CNc3cc(Cl)ccc3O2)CC1. The number of amides is 2. The van der Waals surface area contributed by atoms with Gasteiger partial charge in [0.25, 0.3) is 11.8 Å². The molecule has 1 atom stereocenters. The number of benzene rings is 2. The number of nitrogens with one attached hydrogen (secondary N) is 3. The topological polar surface area (TPSA) is 88.7 Å². The van der Waals surface area contributed by atoms with Crippen molar-refractivity contribution < 1.29 is 19.1 Å². The maximum atomic E-state index is 12.6. The van der Waals surface area contributed by atoms with Crippen LogP contribution >= 0.6 is 23.2 Å². The minimum atomic E-state index is -0.592. The Kier molecular flexibility index (Phi) is 7.27. The van der Waals surface area contributed by atoms with E-state index in [-0.39, 0.29) is 30.5 Å². The number of anilines is 1. The van der Waals surface area contributed by atoms with Crippen molar-refractivity contribution in [1.29, 1.82) is 0 Å². The van der Waals surface area contributed by atoms with Gasteiger partial charge in [0.2, 0.25) is 0 Å². The van der Waals surface area contributed by atoms with E-state index >= 15 is 0 Å². The summed E-state index contributed by atoms with van der Waals surface area (Å²) in [6, 6.07) is 12.3. The highest BCUT2D eigenvalue weighted by atomic mass is 35.5. The standard InChI is InChI=1S/C23H25Cl2N3O4/c24-14-1-8-18(9-2-14)31-13-22(29)27-16-4-6-17(7-5-16)28-23(30)21-12-26-19-11-15(25)3-10-20(19)32-21/h1-3,8-11,16-17,21,26H,4-7,12-13H2,(H,27,29)(H,28,30)/t16-,17-,21-/m0/s1. The second kappa shape index (κ2) is 10.3. The van der Waals surface area contributed by atoms with Gasteiger partial charge in [-0.1, -0.05) is 23.2 Å². The van der Waals surface area contributed by atoms with Gasteiger partial charge in [-0.2, -0.15) is 0 Å². The van der Waals surface area contributed by atoms with Crippen molar-refractivity contribution in [2.24, 2.45) is 0 Å². The van der Waals surface area contributed by atoms with E-state index in [0.717, 1.165) is 31.4 Å². The molecule has 2 aliphatic rings. The number of hydrogen-bond donors (Lipinski definition) is 3. The van der Waals surface area contributed by atoms with Crippen molar-refractivity contribution in [1.82, 2.24) is 10.6 Å². The molecule has 32 heavy (non-hydrogen) atoms. The van der Waals surface area contributed by atoms with Crippen LogP contribution in [0, 0.1) is 0 Å². The lowest BCUT2D eigenvalue weighted by Gasteiger charge is -2.32. The van der Waals surface area contributed by atoms with Gasteiger partial charge in [-0.05, 0) is 68.1 Å². The first-order valence-corrected chi connectivity index (χ1v) is 11.4. The molecular formula is C23H25Cl2N3O4. The van der Waals surface area contributed by atoms with Crippen molar-refractivity contribution in [3.05, 3.63) is 52.5 Å². The molecule has 170 valence electrons. The minimum absolute atomic E-state index is 0.0446. The number of carbonyl (C=O) groups is 2. The highest BCUT2D eigenvalue weighted by Gasteiger charge is 2.29. The van der Waals surface area contributed by atoms with Gasteiger partial charge < -0.3 is 25.4 Å². The third-order valence-corrected chi connectivity index (χ3v) is 6.09. The minimum Gasteiger partial charge on any atom is -0.484 e. The van der Waals surface area contributed by atoms with E-state index < -0.39 is 6.10 Å². The summed E-state index contributed by atoms with van der Waals surface area (Å²) in [5.74, 6) is 0.920. The fourth-order valence-corrected chi connectivity index (χ4v) is 4.21. The Hall–Kier alpha value is -2.64. The van der Waals surface area contributed by atoms with E-state index in [4.69, 9.17) is 32.7 Å². The molecule has 0 spiro atoms. The lowest BCUT2D eigenvalue weighted by atomic mass is 9.91. The van der Waals surface area contributed by atoms with Crippen LogP contribution in [-0.4, -0.2) is 43.2 Å². The molecule has 1 saturated carbocycles. The van der Waals surface area contributed by atoms with Crippen molar-refractivity contribution in [3.63, 3.8) is 0 Å². The van der Waals surface area contributed by atoms with Crippen molar-refractivity contribution in [2.45, 2.75) is 43.9 Å². The number of rotatable bonds is 6. The molecule has 0 bridgehead atoms. The van der Waals surface area contributed by atoms with Crippen LogP contribution in [-0.2, 0) is 9.59 Å². The first kappa shape index (κ1) is 22.6. The summed E-state index contributed by atoms with van der Waals surface area (Å²) >= 11 is 11.8. The molecule has 2 aromatic rings. The third kappa shape index (κ3) is 5.99. The molecular weight excluding hydrogens is 453 g/mol. The number of carbonyl (C=O) groups excluding carboxylic acids is 2. The molecule has 2 aromatic carbocycles. The lowest BCUT2D eigenvalue weighted by molar-refractivity contribution is -0.129. The lowest BCUT2D eigenvalue weighted by Crippen LogP contribution is -2.50. The zero-order chi connectivity index (χ0) is 22.5. The summed E-state index contributed by atoms with van der Waals surface area (Å²) in [7, 11) is 0. The maximum Gasteiger partial charge on any atom is 0.263 e. The van der Waals surface area contributed by atoms with E-state index in [2.05, 4.69) is 16.0 Å². The molecule has 1 fully saturated rings. The van der Waals surface area contributed by atoms with E-state index in [1.165, 1.54) is 0 Å². The Balaban J connectivity index is 1.17. The van der Waals surface area contributed by atoms with E-state index in [1.54, 1.807) is 42.5 Å². The normalized spacial score (nSPS) is 22.0. The van der Waals surface area contributed by atoms with Gasteiger partial charge in [0.15, 0.2) is 12.7 Å². The molecule has 9 heteroatoms. The van der Waals surface area contributed by atoms with Crippen LogP contribution < -0.4 is 25.4 Å². The number of hydrogen-bond acceptors (Lipinski definition) is 5. The van der Waals surface area contributed by atoms with E-state index in [9.17, 15) is 9.59 Å². The van der Waals surface area contributed by atoms with Crippen LogP contribution in [0.15, 0.2) is 42.5 Å². The van der Waals surface area contributed by atoms with Crippen LogP contribution in [0.3, 0.4) is 0 Å². The molecule has 0 unspecified atom stereocenters. The molecule has 1 aliphatic carbocycles. The van der Waals surface area contributed by atoms with Crippen LogP contribution in [0.25, 0.3) is 0 Å². The Morgan fingerprint density at radius 2 is 1.62 bits per heavy atom. The van der Waals surface area contributed by atoms with Gasteiger partial charge in [-0.15, -0.1) is 0 Å². The molecule has 2 amide bonds. The highest BCUT2D eigenvalue weighted by molar-refractivity contribution is 6.31. The Bertz CT molecular complexity index is 962. The van der Waals surface area contributed by atoms with Gasteiger partial charge >= 0.3 is 0 Å². The first-order chi connectivity index (χ1) is 15.5. The smallest absolute Gasteiger partial charge is 0.263 e. The van der Waals surface area contributed by atoms with Crippen LogP contribution in [0.2, 0.25) is 10.0 Å². The summed E-state index contributed by atoms with van der Waals surface area (Å²) in [4.78, 5) is 24.8. The maximum absolute atomic E-state index is 12.6. The zero-order valence-corrected chi connectivity index (χ0v) is 18.9. The van der Waals surface area contributed by atoms with Crippen LogP contribution in [0.4, 0.5) is 5.69 Å². The van der Waals surface area contributed by atoms with Crippen LogP contribution in [0.1, 0.15) is 25.7 Å². The van der Waals surface area contributed by atoms with E-state index in [1.807, 2.05) is 0 Å². The molecule has 0 aromatic heterocycles. The monoisotopic (exact) mass is 477 g/mol. The van der Waals surface area contributed by atoms with Crippen LogP contribution in [0.5, 0.6) is 11.5 Å². The summed E-state index contributed by atoms with van der Waals surface area (Å²) < 4.78 is 11.3. The molecule has 0 radical (unpaired) electrons. The number of ether oxygens (including phenoxy) is 2. The molecule has 1 heterocycles.